The largest absolute Gasteiger partial charge is 0.494 e. The van der Waals surface area contributed by atoms with E-state index in [0.717, 1.165) is 47.5 Å². The fraction of sp³-hybridized carbons (Fsp3) is 0.273. The second kappa shape index (κ2) is 8.08. The molecule has 0 radical (unpaired) electrons. The summed E-state index contributed by atoms with van der Waals surface area (Å²) < 4.78 is 5.51. The third-order valence-electron chi connectivity index (χ3n) is 4.61. The summed E-state index contributed by atoms with van der Waals surface area (Å²) in [5.41, 5.74) is 2.00. The van der Waals surface area contributed by atoms with E-state index in [9.17, 15) is 0 Å². The van der Waals surface area contributed by atoms with Crippen LogP contribution in [-0.2, 0) is 0 Å². The van der Waals surface area contributed by atoms with Crippen molar-refractivity contribution in [3.8, 4) is 17.1 Å². The average molecular weight is 360 g/mol. The number of hydrogen-bond donors (Lipinski definition) is 1. The van der Waals surface area contributed by atoms with Crippen LogP contribution in [0.4, 0.5) is 17.3 Å². The van der Waals surface area contributed by atoms with Gasteiger partial charge >= 0.3 is 0 Å². The second-order valence-corrected chi connectivity index (χ2v) is 6.58. The minimum atomic E-state index is 0.665. The molecule has 1 aliphatic rings. The maximum absolute atomic E-state index is 5.51. The van der Waals surface area contributed by atoms with Gasteiger partial charge in [0, 0.05) is 30.4 Å². The highest BCUT2D eigenvalue weighted by molar-refractivity contribution is 5.66. The Morgan fingerprint density at radius 1 is 0.963 bits per heavy atom. The van der Waals surface area contributed by atoms with Crippen molar-refractivity contribution >= 4 is 17.3 Å². The van der Waals surface area contributed by atoms with Gasteiger partial charge in [-0.1, -0.05) is 30.3 Å². The molecule has 5 nitrogen and oxygen atoms in total. The molecule has 0 unspecified atom stereocenters. The first-order chi connectivity index (χ1) is 13.3. The number of nitrogens with one attached hydrogen (secondary N) is 1. The number of rotatable bonds is 6. The van der Waals surface area contributed by atoms with Crippen molar-refractivity contribution in [2.45, 2.75) is 19.8 Å². The van der Waals surface area contributed by atoms with Gasteiger partial charge in [0.05, 0.1) is 6.61 Å². The van der Waals surface area contributed by atoms with Crippen LogP contribution in [0.15, 0.2) is 60.7 Å². The van der Waals surface area contributed by atoms with Crippen LogP contribution >= 0.6 is 0 Å². The van der Waals surface area contributed by atoms with Crippen LogP contribution in [0.1, 0.15) is 19.8 Å². The van der Waals surface area contributed by atoms with Crippen LogP contribution in [0.5, 0.6) is 5.75 Å². The molecule has 1 aromatic heterocycles. The zero-order chi connectivity index (χ0) is 18.5. The molecule has 0 aliphatic carbocycles. The summed E-state index contributed by atoms with van der Waals surface area (Å²) in [6.45, 7) is 4.75. The Morgan fingerprint density at radius 2 is 1.70 bits per heavy atom. The summed E-state index contributed by atoms with van der Waals surface area (Å²) >= 11 is 0. The quantitative estimate of drug-likeness (QED) is 0.678. The zero-order valence-corrected chi connectivity index (χ0v) is 15.6. The lowest BCUT2D eigenvalue weighted by atomic mass is 10.2. The maximum Gasteiger partial charge on any atom is 0.163 e. The highest BCUT2D eigenvalue weighted by Gasteiger charge is 2.16. The first-order valence-corrected chi connectivity index (χ1v) is 9.51. The Morgan fingerprint density at radius 3 is 2.41 bits per heavy atom. The van der Waals surface area contributed by atoms with E-state index in [4.69, 9.17) is 14.7 Å². The molecule has 1 saturated heterocycles. The van der Waals surface area contributed by atoms with Crippen LogP contribution in [0.3, 0.4) is 0 Å². The smallest absolute Gasteiger partial charge is 0.163 e. The minimum absolute atomic E-state index is 0.665. The lowest BCUT2D eigenvalue weighted by Gasteiger charge is -2.18. The molecule has 0 amide bonds. The molecule has 0 spiro atoms. The van der Waals surface area contributed by atoms with E-state index < -0.39 is 0 Å². The van der Waals surface area contributed by atoms with E-state index in [1.54, 1.807) is 0 Å². The monoisotopic (exact) mass is 360 g/mol. The summed E-state index contributed by atoms with van der Waals surface area (Å²) in [6, 6.07) is 20.1. The van der Waals surface area contributed by atoms with Crippen molar-refractivity contribution in [1.82, 2.24) is 9.97 Å². The predicted molar refractivity (Wildman–Crippen MR) is 110 cm³/mol. The lowest BCUT2D eigenvalue weighted by Crippen LogP contribution is -2.19. The van der Waals surface area contributed by atoms with Gasteiger partial charge in [-0.15, -0.1) is 0 Å². The number of ether oxygens (including phenoxy) is 1. The number of benzene rings is 2. The number of anilines is 3. The molecule has 2 heterocycles. The van der Waals surface area contributed by atoms with Gasteiger partial charge < -0.3 is 15.0 Å². The number of aromatic nitrogens is 2. The van der Waals surface area contributed by atoms with Crippen molar-refractivity contribution in [1.29, 1.82) is 0 Å². The Kier molecular flexibility index (Phi) is 5.19. The molecule has 0 atom stereocenters. The third-order valence-corrected chi connectivity index (χ3v) is 4.61. The zero-order valence-electron chi connectivity index (χ0n) is 15.6. The summed E-state index contributed by atoms with van der Waals surface area (Å²) in [5, 5.41) is 3.41. The molecule has 27 heavy (non-hydrogen) atoms. The van der Waals surface area contributed by atoms with Crippen LogP contribution in [0, 0.1) is 0 Å². The van der Waals surface area contributed by atoms with Gasteiger partial charge in [-0.3, -0.25) is 0 Å². The lowest BCUT2D eigenvalue weighted by molar-refractivity contribution is 0.340. The molecule has 0 saturated carbocycles. The summed E-state index contributed by atoms with van der Waals surface area (Å²) in [7, 11) is 0. The van der Waals surface area contributed by atoms with Gasteiger partial charge in [-0.2, -0.15) is 0 Å². The Bertz CT molecular complexity index is 875. The molecule has 2 aromatic carbocycles. The van der Waals surface area contributed by atoms with E-state index in [2.05, 4.69) is 10.2 Å². The van der Waals surface area contributed by atoms with Gasteiger partial charge in [-0.05, 0) is 44.0 Å². The van der Waals surface area contributed by atoms with Gasteiger partial charge in [0.1, 0.15) is 17.4 Å². The maximum atomic E-state index is 5.51. The van der Waals surface area contributed by atoms with Crippen LogP contribution in [-0.4, -0.2) is 29.7 Å². The molecule has 3 aromatic rings. The molecule has 1 N–H and O–H groups in total. The highest BCUT2D eigenvalue weighted by atomic mass is 16.5. The van der Waals surface area contributed by atoms with Crippen molar-refractivity contribution in [2.24, 2.45) is 0 Å². The summed E-state index contributed by atoms with van der Waals surface area (Å²) in [6.07, 6.45) is 2.43. The predicted octanol–water partition coefficient (Wildman–Crippen LogP) is 4.89. The van der Waals surface area contributed by atoms with E-state index in [-0.39, 0.29) is 0 Å². The molecule has 1 aliphatic heterocycles. The fourth-order valence-corrected chi connectivity index (χ4v) is 3.27. The van der Waals surface area contributed by atoms with E-state index in [1.165, 1.54) is 12.8 Å². The number of hydrogen-bond acceptors (Lipinski definition) is 5. The normalized spacial score (nSPS) is 13.6. The Labute approximate surface area is 160 Å². The van der Waals surface area contributed by atoms with Crippen molar-refractivity contribution in [3.05, 3.63) is 60.7 Å². The number of nitrogens with zero attached hydrogens (tertiary/aromatic N) is 3. The summed E-state index contributed by atoms with van der Waals surface area (Å²) in [5.74, 6) is 3.40. The highest BCUT2D eigenvalue weighted by Crippen LogP contribution is 2.27. The molecule has 1 fully saturated rings. The van der Waals surface area contributed by atoms with Gasteiger partial charge in [-0.25, -0.2) is 9.97 Å². The standard InChI is InChI=1S/C22H24N4O/c1-2-27-19-12-10-18(11-13-19)23-20-16-21(26-14-6-7-15-26)25-22(24-20)17-8-4-3-5-9-17/h3-5,8-13,16H,2,6-7,14-15H2,1H3,(H,23,24,25). The Hall–Kier alpha value is -3.08. The van der Waals surface area contributed by atoms with Crippen LogP contribution < -0.4 is 15.0 Å². The average Bonchev–Trinajstić information content (AvgIpc) is 3.25. The topological polar surface area (TPSA) is 50.3 Å². The van der Waals surface area contributed by atoms with Crippen molar-refractivity contribution in [3.63, 3.8) is 0 Å². The minimum Gasteiger partial charge on any atom is -0.494 e. The molecule has 4 rings (SSSR count). The Balaban J connectivity index is 1.65. The van der Waals surface area contributed by atoms with Gasteiger partial charge in [0.2, 0.25) is 0 Å². The first kappa shape index (κ1) is 17.3. The third kappa shape index (κ3) is 4.19. The second-order valence-electron chi connectivity index (χ2n) is 6.58. The van der Waals surface area contributed by atoms with E-state index >= 15 is 0 Å². The van der Waals surface area contributed by atoms with Crippen LogP contribution in [0.25, 0.3) is 11.4 Å². The van der Waals surface area contributed by atoms with E-state index in [1.807, 2.05) is 67.6 Å². The molecular formula is C22H24N4O. The van der Waals surface area contributed by atoms with E-state index in [0.29, 0.717) is 6.61 Å². The first-order valence-electron chi connectivity index (χ1n) is 9.51. The van der Waals surface area contributed by atoms with Crippen molar-refractivity contribution < 1.29 is 4.74 Å². The van der Waals surface area contributed by atoms with Crippen LogP contribution in [0.2, 0.25) is 0 Å². The molecule has 0 bridgehead atoms. The molecule has 138 valence electrons. The molecule has 5 heteroatoms. The molecular weight excluding hydrogens is 336 g/mol. The summed E-state index contributed by atoms with van der Waals surface area (Å²) in [4.78, 5) is 11.9. The van der Waals surface area contributed by atoms with Gasteiger partial charge in [0.15, 0.2) is 5.82 Å². The fourth-order valence-electron chi connectivity index (χ4n) is 3.27. The SMILES string of the molecule is CCOc1ccc(Nc2cc(N3CCCC3)nc(-c3ccccc3)n2)cc1. The van der Waals surface area contributed by atoms with Crippen molar-refractivity contribution in [2.75, 3.05) is 29.9 Å². The van der Waals surface area contributed by atoms with Gasteiger partial charge in [0.25, 0.3) is 0 Å².